The first-order chi connectivity index (χ1) is 20.0. The summed E-state index contributed by atoms with van der Waals surface area (Å²) in [5.74, 6) is 2.86. The lowest BCUT2D eigenvalue weighted by Gasteiger charge is -2.36. The van der Waals surface area contributed by atoms with Gasteiger partial charge in [-0.15, -0.1) is 0 Å². The molecule has 2 aromatic heterocycles. The van der Waals surface area contributed by atoms with Crippen LogP contribution in [0.1, 0.15) is 25.7 Å². The van der Waals surface area contributed by atoms with Crippen LogP contribution in [0.2, 0.25) is 0 Å². The molecule has 0 amide bonds. The van der Waals surface area contributed by atoms with Gasteiger partial charge in [-0.05, 0) is 70.1 Å². The molecule has 0 atom stereocenters. The van der Waals surface area contributed by atoms with Crippen LogP contribution in [-0.4, -0.2) is 85.7 Å². The van der Waals surface area contributed by atoms with E-state index >= 15 is 0 Å². The third kappa shape index (κ3) is 5.54. The van der Waals surface area contributed by atoms with E-state index in [2.05, 4.69) is 51.5 Å². The number of nitrogens with zero attached hydrogens (tertiary/aromatic N) is 5. The molecular formula is C30H37N7O4. The van der Waals surface area contributed by atoms with Gasteiger partial charge in [0.25, 0.3) is 0 Å². The summed E-state index contributed by atoms with van der Waals surface area (Å²) >= 11 is 0. The number of aromatic amines is 1. The van der Waals surface area contributed by atoms with Crippen LogP contribution in [0.4, 0.5) is 17.3 Å². The molecule has 2 aromatic carbocycles. The largest absolute Gasteiger partial charge is 0.494 e. The molecule has 0 radical (unpaired) electrons. The summed E-state index contributed by atoms with van der Waals surface area (Å²) in [6.45, 7) is 2.03. The van der Waals surface area contributed by atoms with E-state index in [1.807, 2.05) is 24.3 Å². The van der Waals surface area contributed by atoms with Crippen molar-refractivity contribution in [2.75, 3.05) is 58.7 Å². The number of rotatable bonds is 10. The molecule has 2 fully saturated rings. The Bertz CT molecular complexity index is 1530. The number of H-pyrrole nitrogens is 1. The Labute approximate surface area is 239 Å². The third-order valence-corrected chi connectivity index (χ3v) is 7.85. The van der Waals surface area contributed by atoms with E-state index in [-0.39, 0.29) is 6.10 Å². The highest BCUT2D eigenvalue weighted by atomic mass is 16.5. The van der Waals surface area contributed by atoms with Crippen LogP contribution in [0, 0.1) is 0 Å². The molecule has 4 aromatic rings. The minimum absolute atomic E-state index is 0.138. The van der Waals surface area contributed by atoms with Crippen molar-refractivity contribution in [3.63, 3.8) is 0 Å². The second kappa shape index (κ2) is 11.3. The van der Waals surface area contributed by atoms with Crippen LogP contribution in [0.25, 0.3) is 22.3 Å². The van der Waals surface area contributed by atoms with Crippen molar-refractivity contribution in [1.82, 2.24) is 25.1 Å². The maximum Gasteiger partial charge on any atom is 0.232 e. The molecule has 11 nitrogen and oxygen atoms in total. The number of aromatic nitrogens is 4. The van der Waals surface area contributed by atoms with Crippen LogP contribution in [0.15, 0.2) is 36.4 Å². The highest BCUT2D eigenvalue weighted by molar-refractivity contribution is 5.95. The van der Waals surface area contributed by atoms with Crippen LogP contribution in [0.3, 0.4) is 0 Å². The molecule has 2 aliphatic rings. The Balaban J connectivity index is 1.30. The molecule has 1 aliphatic heterocycles. The van der Waals surface area contributed by atoms with Crippen LogP contribution >= 0.6 is 0 Å². The van der Waals surface area contributed by atoms with E-state index in [4.69, 9.17) is 28.9 Å². The van der Waals surface area contributed by atoms with E-state index in [1.165, 1.54) is 0 Å². The molecule has 1 aliphatic carbocycles. The molecular weight excluding hydrogens is 522 g/mol. The summed E-state index contributed by atoms with van der Waals surface area (Å²) in [7, 11) is 9.22. The number of methoxy groups -OCH3 is 3. The van der Waals surface area contributed by atoms with E-state index < -0.39 is 0 Å². The first-order valence-corrected chi connectivity index (χ1v) is 14.0. The van der Waals surface area contributed by atoms with Crippen molar-refractivity contribution in [3.05, 3.63) is 36.4 Å². The van der Waals surface area contributed by atoms with Gasteiger partial charge in [-0.25, -0.2) is 0 Å². The zero-order valence-electron chi connectivity index (χ0n) is 24.2. The quantitative estimate of drug-likeness (QED) is 0.279. The Morgan fingerprint density at radius 2 is 1.63 bits per heavy atom. The summed E-state index contributed by atoms with van der Waals surface area (Å²) < 4.78 is 23.0. The van der Waals surface area contributed by atoms with Crippen molar-refractivity contribution in [1.29, 1.82) is 0 Å². The number of fused-ring (bicyclic) bond motifs is 1. The van der Waals surface area contributed by atoms with Crippen LogP contribution in [-0.2, 0) is 0 Å². The smallest absolute Gasteiger partial charge is 0.232 e. The predicted octanol–water partition coefficient (Wildman–Crippen LogP) is 4.86. The lowest BCUT2D eigenvalue weighted by molar-refractivity contribution is 0.249. The lowest BCUT2D eigenvalue weighted by Crippen LogP contribution is -2.41. The van der Waals surface area contributed by atoms with Gasteiger partial charge in [0.1, 0.15) is 17.2 Å². The fourth-order valence-corrected chi connectivity index (χ4v) is 5.32. The standard InChI is InChI=1S/C30H37N7O4/c1-36(2)19-12-14-37(15-13-19)20-7-10-22(24(17-20)39-4)31-30-32-28-26(29(33-30)41-21-8-9-21)27(34-35-28)18-6-11-23(38-3)25(16-18)40-5/h6-7,10-11,16-17,19,21H,8-9,12-15H2,1-5H3,(H2,31,32,33,34,35). The Hall–Kier alpha value is -4.25. The van der Waals surface area contributed by atoms with Crippen molar-refractivity contribution in [2.45, 2.75) is 37.8 Å². The summed E-state index contributed by atoms with van der Waals surface area (Å²) in [6, 6.07) is 12.5. The second-order valence-corrected chi connectivity index (χ2v) is 10.7. The summed E-state index contributed by atoms with van der Waals surface area (Å²) in [4.78, 5) is 14.2. The Kier molecular flexibility index (Phi) is 7.44. The van der Waals surface area contributed by atoms with Crippen molar-refractivity contribution >= 4 is 28.4 Å². The fourth-order valence-electron chi connectivity index (χ4n) is 5.32. The number of anilines is 3. The van der Waals surface area contributed by atoms with Crippen molar-refractivity contribution < 1.29 is 18.9 Å². The molecule has 1 saturated carbocycles. The first kappa shape index (κ1) is 26.9. The number of nitrogens with one attached hydrogen (secondary N) is 2. The Morgan fingerprint density at radius 3 is 2.32 bits per heavy atom. The van der Waals surface area contributed by atoms with Gasteiger partial charge in [-0.2, -0.15) is 15.1 Å². The zero-order chi connectivity index (χ0) is 28.5. The number of hydrogen-bond donors (Lipinski definition) is 2. The topological polar surface area (TPSA) is 110 Å². The molecule has 3 heterocycles. The third-order valence-electron chi connectivity index (χ3n) is 7.85. The lowest BCUT2D eigenvalue weighted by atomic mass is 10.0. The van der Waals surface area contributed by atoms with Crippen LogP contribution in [0.5, 0.6) is 23.1 Å². The summed E-state index contributed by atoms with van der Waals surface area (Å²) in [6.07, 6.45) is 4.42. The van der Waals surface area contributed by atoms with Gasteiger partial charge in [0.2, 0.25) is 11.8 Å². The second-order valence-electron chi connectivity index (χ2n) is 10.7. The molecule has 41 heavy (non-hydrogen) atoms. The van der Waals surface area contributed by atoms with Gasteiger partial charge in [-0.3, -0.25) is 5.10 Å². The average molecular weight is 560 g/mol. The molecule has 6 rings (SSSR count). The highest BCUT2D eigenvalue weighted by Crippen LogP contribution is 2.40. The van der Waals surface area contributed by atoms with Gasteiger partial charge in [0.05, 0.1) is 32.7 Å². The van der Waals surface area contributed by atoms with E-state index in [9.17, 15) is 0 Å². The van der Waals surface area contributed by atoms with Gasteiger partial charge in [-0.1, -0.05) is 0 Å². The number of ether oxygens (including phenoxy) is 4. The van der Waals surface area contributed by atoms with Crippen molar-refractivity contribution in [2.24, 2.45) is 0 Å². The fraction of sp³-hybridized carbons (Fsp3) is 0.433. The molecule has 1 saturated heterocycles. The molecule has 2 N–H and O–H groups in total. The van der Waals surface area contributed by atoms with E-state index in [0.29, 0.717) is 35.0 Å². The normalized spacial score (nSPS) is 15.8. The number of hydrogen-bond acceptors (Lipinski definition) is 10. The maximum atomic E-state index is 6.27. The van der Waals surface area contributed by atoms with E-state index in [0.717, 1.165) is 72.5 Å². The summed E-state index contributed by atoms with van der Waals surface area (Å²) in [5, 5.41) is 11.7. The maximum absolute atomic E-state index is 6.27. The SMILES string of the molecule is COc1cc(N2CCC(N(C)C)CC2)ccc1Nc1nc(OC2CC2)c2c(-c3ccc(OC)c(OC)c3)[nH]nc2n1. The highest BCUT2D eigenvalue weighted by Gasteiger charge is 2.28. The molecule has 0 unspecified atom stereocenters. The van der Waals surface area contributed by atoms with Gasteiger partial charge in [0, 0.05) is 36.4 Å². The summed E-state index contributed by atoms with van der Waals surface area (Å²) in [5.41, 5.74) is 4.03. The average Bonchev–Trinajstić information content (AvgIpc) is 3.72. The number of piperidine rings is 1. The first-order valence-electron chi connectivity index (χ1n) is 14.0. The molecule has 11 heteroatoms. The van der Waals surface area contributed by atoms with Crippen LogP contribution < -0.4 is 29.2 Å². The van der Waals surface area contributed by atoms with Crippen molar-refractivity contribution in [3.8, 4) is 34.4 Å². The molecule has 0 bridgehead atoms. The predicted molar refractivity (Wildman–Crippen MR) is 159 cm³/mol. The van der Waals surface area contributed by atoms with Gasteiger partial charge < -0.3 is 34.1 Å². The Morgan fingerprint density at radius 1 is 0.878 bits per heavy atom. The van der Waals surface area contributed by atoms with Gasteiger partial charge >= 0.3 is 0 Å². The minimum Gasteiger partial charge on any atom is -0.494 e. The van der Waals surface area contributed by atoms with E-state index in [1.54, 1.807) is 21.3 Å². The molecule has 0 spiro atoms. The van der Waals surface area contributed by atoms with Gasteiger partial charge in [0.15, 0.2) is 17.1 Å². The minimum atomic E-state index is 0.138. The number of benzene rings is 2. The monoisotopic (exact) mass is 559 g/mol. The molecule has 216 valence electrons. The zero-order valence-corrected chi connectivity index (χ0v) is 24.2.